The molecule has 100 valence electrons. The number of nitrogens with one attached hydrogen (secondary N) is 1. The van der Waals surface area contributed by atoms with E-state index in [1.807, 2.05) is 6.07 Å². The van der Waals surface area contributed by atoms with E-state index < -0.39 is 6.09 Å². The van der Waals surface area contributed by atoms with Crippen LogP contribution in [0.3, 0.4) is 0 Å². The summed E-state index contributed by atoms with van der Waals surface area (Å²) < 4.78 is 9.64. The van der Waals surface area contributed by atoms with Crippen LogP contribution in [0, 0.1) is 0 Å². The summed E-state index contributed by atoms with van der Waals surface area (Å²) in [6, 6.07) is 3.70. The SMILES string of the molecule is COCCOC(=O)Nc1ccc(C(C)(C)C)cn1. The monoisotopic (exact) mass is 252 g/mol. The third-order valence-corrected chi connectivity index (χ3v) is 2.38. The Labute approximate surface area is 108 Å². The van der Waals surface area contributed by atoms with Crippen LogP contribution in [0.4, 0.5) is 10.6 Å². The van der Waals surface area contributed by atoms with E-state index in [-0.39, 0.29) is 12.0 Å². The molecule has 1 N–H and O–H groups in total. The van der Waals surface area contributed by atoms with Gasteiger partial charge in [0.05, 0.1) is 6.61 Å². The van der Waals surface area contributed by atoms with Gasteiger partial charge in [-0.15, -0.1) is 0 Å². The molecule has 1 heterocycles. The predicted octanol–water partition coefficient (Wildman–Crippen LogP) is 2.57. The number of hydrogen-bond acceptors (Lipinski definition) is 4. The molecule has 0 saturated heterocycles. The largest absolute Gasteiger partial charge is 0.447 e. The molecular weight excluding hydrogens is 232 g/mol. The second-order valence-electron chi connectivity index (χ2n) is 4.94. The van der Waals surface area contributed by atoms with Gasteiger partial charge < -0.3 is 9.47 Å². The Morgan fingerprint density at radius 3 is 2.56 bits per heavy atom. The lowest BCUT2D eigenvalue weighted by Gasteiger charge is -2.18. The normalized spacial score (nSPS) is 11.1. The van der Waals surface area contributed by atoms with Crippen molar-refractivity contribution < 1.29 is 14.3 Å². The minimum atomic E-state index is -0.525. The van der Waals surface area contributed by atoms with E-state index in [9.17, 15) is 4.79 Å². The van der Waals surface area contributed by atoms with E-state index in [4.69, 9.17) is 9.47 Å². The van der Waals surface area contributed by atoms with Crippen LogP contribution in [-0.2, 0) is 14.9 Å². The molecule has 1 aromatic heterocycles. The summed E-state index contributed by atoms with van der Waals surface area (Å²) in [6.45, 7) is 6.93. The lowest BCUT2D eigenvalue weighted by Crippen LogP contribution is -2.17. The zero-order valence-corrected chi connectivity index (χ0v) is 11.3. The number of carbonyl (C=O) groups excluding carboxylic acids is 1. The van der Waals surface area contributed by atoms with Crippen molar-refractivity contribution in [3.8, 4) is 0 Å². The molecule has 0 aliphatic heterocycles. The van der Waals surface area contributed by atoms with E-state index in [0.29, 0.717) is 12.4 Å². The molecule has 0 radical (unpaired) electrons. The Balaban J connectivity index is 2.51. The highest BCUT2D eigenvalue weighted by atomic mass is 16.6. The van der Waals surface area contributed by atoms with Crippen LogP contribution in [0.1, 0.15) is 26.3 Å². The maximum Gasteiger partial charge on any atom is 0.412 e. The molecule has 1 amide bonds. The standard InChI is InChI=1S/C13H20N2O3/c1-13(2,3)10-5-6-11(14-9-10)15-12(16)18-8-7-17-4/h5-6,9H,7-8H2,1-4H3,(H,14,15,16). The summed E-state index contributed by atoms with van der Waals surface area (Å²) in [6.07, 6.45) is 1.23. The third-order valence-electron chi connectivity index (χ3n) is 2.38. The second kappa shape index (κ2) is 6.35. The average molecular weight is 252 g/mol. The van der Waals surface area contributed by atoms with Crippen LogP contribution in [-0.4, -0.2) is 31.4 Å². The van der Waals surface area contributed by atoms with Gasteiger partial charge >= 0.3 is 6.09 Å². The number of hydrogen-bond donors (Lipinski definition) is 1. The van der Waals surface area contributed by atoms with Gasteiger partial charge in [0.15, 0.2) is 0 Å². The number of ether oxygens (including phenoxy) is 2. The molecule has 0 aliphatic rings. The molecule has 0 unspecified atom stereocenters. The van der Waals surface area contributed by atoms with Crippen LogP contribution in [0.25, 0.3) is 0 Å². The van der Waals surface area contributed by atoms with Crippen molar-refractivity contribution in [3.63, 3.8) is 0 Å². The van der Waals surface area contributed by atoms with Gasteiger partial charge in [-0.2, -0.15) is 0 Å². The highest BCUT2D eigenvalue weighted by Crippen LogP contribution is 2.21. The van der Waals surface area contributed by atoms with Crippen LogP contribution in [0.2, 0.25) is 0 Å². The number of nitrogens with zero attached hydrogens (tertiary/aromatic N) is 1. The van der Waals surface area contributed by atoms with Gasteiger partial charge in [0, 0.05) is 13.3 Å². The van der Waals surface area contributed by atoms with Crippen molar-refractivity contribution >= 4 is 11.9 Å². The molecule has 1 rings (SSSR count). The van der Waals surface area contributed by atoms with Crippen molar-refractivity contribution in [2.75, 3.05) is 25.6 Å². The van der Waals surface area contributed by atoms with Gasteiger partial charge in [-0.25, -0.2) is 9.78 Å². The number of amides is 1. The minimum absolute atomic E-state index is 0.0461. The topological polar surface area (TPSA) is 60.5 Å². The van der Waals surface area contributed by atoms with Gasteiger partial charge in [-0.1, -0.05) is 26.8 Å². The Morgan fingerprint density at radius 1 is 1.33 bits per heavy atom. The fourth-order valence-corrected chi connectivity index (χ4v) is 1.27. The van der Waals surface area contributed by atoms with Crippen molar-refractivity contribution in [1.29, 1.82) is 0 Å². The van der Waals surface area contributed by atoms with Crippen LogP contribution < -0.4 is 5.32 Å². The molecule has 0 fully saturated rings. The summed E-state index contributed by atoms with van der Waals surface area (Å²) in [5.41, 5.74) is 1.16. The van der Waals surface area contributed by atoms with E-state index in [0.717, 1.165) is 5.56 Å². The van der Waals surface area contributed by atoms with E-state index in [1.54, 1.807) is 19.4 Å². The molecule has 0 aliphatic carbocycles. The summed E-state index contributed by atoms with van der Waals surface area (Å²) in [5.74, 6) is 0.477. The molecule has 0 spiro atoms. The molecule has 0 aromatic carbocycles. The molecule has 0 bridgehead atoms. The van der Waals surface area contributed by atoms with E-state index in [2.05, 4.69) is 31.1 Å². The number of rotatable bonds is 4. The first kappa shape index (κ1) is 14.4. The summed E-state index contributed by atoms with van der Waals surface area (Å²) in [7, 11) is 1.55. The first-order valence-corrected chi connectivity index (χ1v) is 5.83. The number of methoxy groups -OCH3 is 1. The number of carbonyl (C=O) groups is 1. The smallest absolute Gasteiger partial charge is 0.412 e. The molecule has 5 heteroatoms. The lowest BCUT2D eigenvalue weighted by molar-refractivity contribution is 0.107. The van der Waals surface area contributed by atoms with Gasteiger partial charge in [0.25, 0.3) is 0 Å². The van der Waals surface area contributed by atoms with Crippen LogP contribution in [0.5, 0.6) is 0 Å². The van der Waals surface area contributed by atoms with E-state index in [1.165, 1.54) is 0 Å². The number of anilines is 1. The second-order valence-corrected chi connectivity index (χ2v) is 4.94. The Hall–Kier alpha value is -1.62. The van der Waals surface area contributed by atoms with Crippen LogP contribution in [0.15, 0.2) is 18.3 Å². The minimum Gasteiger partial charge on any atom is -0.447 e. The zero-order valence-electron chi connectivity index (χ0n) is 11.3. The molecule has 18 heavy (non-hydrogen) atoms. The maximum absolute atomic E-state index is 11.3. The van der Waals surface area contributed by atoms with Crippen molar-refractivity contribution in [2.45, 2.75) is 26.2 Å². The zero-order chi connectivity index (χ0) is 13.6. The Bertz CT molecular complexity index is 382. The Kier molecular flexibility index (Phi) is 5.09. The molecule has 5 nitrogen and oxygen atoms in total. The molecule has 1 aromatic rings. The molecular formula is C13H20N2O3. The quantitative estimate of drug-likeness (QED) is 0.837. The number of aromatic nitrogens is 1. The first-order valence-electron chi connectivity index (χ1n) is 5.83. The highest BCUT2D eigenvalue weighted by Gasteiger charge is 2.14. The van der Waals surface area contributed by atoms with Crippen molar-refractivity contribution in [2.24, 2.45) is 0 Å². The lowest BCUT2D eigenvalue weighted by atomic mass is 9.88. The first-order chi connectivity index (χ1) is 8.43. The fraction of sp³-hybridized carbons (Fsp3) is 0.538. The molecule has 0 saturated carbocycles. The third kappa shape index (κ3) is 4.71. The summed E-state index contributed by atoms with van der Waals surface area (Å²) in [5, 5.41) is 2.55. The summed E-state index contributed by atoms with van der Waals surface area (Å²) >= 11 is 0. The van der Waals surface area contributed by atoms with Crippen molar-refractivity contribution in [3.05, 3.63) is 23.9 Å². The van der Waals surface area contributed by atoms with Gasteiger partial charge in [0.1, 0.15) is 12.4 Å². The van der Waals surface area contributed by atoms with E-state index >= 15 is 0 Å². The number of pyridine rings is 1. The summed E-state index contributed by atoms with van der Waals surface area (Å²) in [4.78, 5) is 15.5. The van der Waals surface area contributed by atoms with Crippen molar-refractivity contribution in [1.82, 2.24) is 4.98 Å². The Morgan fingerprint density at radius 2 is 2.06 bits per heavy atom. The van der Waals surface area contributed by atoms with Gasteiger partial charge in [-0.3, -0.25) is 5.32 Å². The maximum atomic E-state index is 11.3. The predicted molar refractivity (Wildman–Crippen MR) is 69.8 cm³/mol. The fourth-order valence-electron chi connectivity index (χ4n) is 1.27. The van der Waals surface area contributed by atoms with Gasteiger partial charge in [-0.05, 0) is 17.0 Å². The van der Waals surface area contributed by atoms with Crippen LogP contribution >= 0.6 is 0 Å². The highest BCUT2D eigenvalue weighted by molar-refractivity contribution is 5.83. The average Bonchev–Trinajstić information content (AvgIpc) is 2.29. The van der Waals surface area contributed by atoms with Gasteiger partial charge in [0.2, 0.25) is 0 Å². The molecule has 0 atom stereocenters.